The second kappa shape index (κ2) is 8.23. The minimum absolute atomic E-state index is 0. The zero-order valence-electron chi connectivity index (χ0n) is 15.2. The van der Waals surface area contributed by atoms with Gasteiger partial charge in [-0.3, -0.25) is 4.79 Å². The van der Waals surface area contributed by atoms with Gasteiger partial charge in [-0.25, -0.2) is 4.98 Å². The van der Waals surface area contributed by atoms with Crippen LogP contribution >= 0.6 is 12.4 Å². The number of aryl methyl sites for hydroxylation is 2. The Morgan fingerprint density at radius 2 is 2.08 bits per heavy atom. The number of imidazole rings is 1. The van der Waals surface area contributed by atoms with Crippen LogP contribution in [-0.2, 0) is 17.8 Å². The maximum atomic E-state index is 12.4. The summed E-state index contributed by atoms with van der Waals surface area (Å²) in [5.41, 5.74) is 3.00. The van der Waals surface area contributed by atoms with Crippen LogP contribution in [0, 0.1) is 5.92 Å². The van der Waals surface area contributed by atoms with Crippen LogP contribution in [0.2, 0.25) is 0 Å². The first kappa shape index (κ1) is 18.9. The number of aromatic nitrogens is 2. The number of halogens is 1. The highest BCUT2D eigenvalue weighted by Crippen LogP contribution is 2.25. The van der Waals surface area contributed by atoms with Crippen molar-refractivity contribution in [2.45, 2.75) is 51.6 Å². The van der Waals surface area contributed by atoms with Gasteiger partial charge in [0.1, 0.15) is 5.82 Å². The average Bonchev–Trinajstić information content (AvgIpc) is 3.06. The number of carbonyl (C=O) groups is 1. The van der Waals surface area contributed by atoms with Crippen molar-refractivity contribution in [3.8, 4) is 11.3 Å². The van der Waals surface area contributed by atoms with Crippen molar-refractivity contribution in [1.29, 1.82) is 0 Å². The molecule has 1 aromatic carbocycles. The number of hydrogen-bond donors (Lipinski definition) is 2. The van der Waals surface area contributed by atoms with Crippen molar-refractivity contribution < 1.29 is 4.79 Å². The van der Waals surface area contributed by atoms with Gasteiger partial charge < -0.3 is 15.2 Å². The van der Waals surface area contributed by atoms with Crippen LogP contribution in [0.4, 0.5) is 5.69 Å². The molecule has 2 N–H and O–H groups in total. The van der Waals surface area contributed by atoms with E-state index in [9.17, 15) is 4.79 Å². The summed E-state index contributed by atoms with van der Waals surface area (Å²) < 4.78 is 2.27. The number of carbonyl (C=O) groups excluding carboxylic acids is 1. The number of nitrogens with one attached hydrogen (secondary N) is 2. The maximum Gasteiger partial charge on any atom is 0.227 e. The molecule has 2 aliphatic rings. The molecule has 1 aromatic heterocycles. The third-order valence-corrected chi connectivity index (χ3v) is 5.35. The third kappa shape index (κ3) is 4.10. The number of hydrogen-bond acceptors (Lipinski definition) is 3. The van der Waals surface area contributed by atoms with E-state index < -0.39 is 0 Å². The van der Waals surface area contributed by atoms with Crippen molar-refractivity contribution in [2.75, 3.05) is 11.9 Å². The highest BCUT2D eigenvalue weighted by atomic mass is 35.5. The molecule has 1 fully saturated rings. The summed E-state index contributed by atoms with van der Waals surface area (Å²) in [4.78, 5) is 17.2. The molecule has 0 aliphatic carbocycles. The Labute approximate surface area is 161 Å². The van der Waals surface area contributed by atoms with Gasteiger partial charge in [-0.05, 0) is 51.3 Å². The third-order valence-electron chi connectivity index (χ3n) is 5.35. The predicted molar refractivity (Wildman–Crippen MR) is 107 cm³/mol. The minimum atomic E-state index is 0. The standard InChI is InChI=1S/C20H26N4O.ClH/c1-14-12-16(9-10-21-14)20(25)22-17-7-5-15(6-8-17)18-13-24-11-3-2-4-19(24)23-18;/h5-8,13-14,16,21H,2-4,9-12H2,1H3,(H,22,25);1H/t14-,16-;/m0./s1. The molecule has 5 nitrogen and oxygen atoms in total. The van der Waals surface area contributed by atoms with Crippen LogP contribution in [0.3, 0.4) is 0 Å². The number of piperidine rings is 1. The Kier molecular flexibility index (Phi) is 5.99. The molecule has 1 amide bonds. The number of fused-ring (bicyclic) bond motifs is 1. The largest absolute Gasteiger partial charge is 0.334 e. The monoisotopic (exact) mass is 374 g/mol. The molecule has 0 radical (unpaired) electrons. The van der Waals surface area contributed by atoms with Gasteiger partial charge in [0.2, 0.25) is 5.91 Å². The van der Waals surface area contributed by atoms with Crippen LogP contribution in [0.25, 0.3) is 11.3 Å². The van der Waals surface area contributed by atoms with E-state index in [4.69, 9.17) is 4.98 Å². The van der Waals surface area contributed by atoms with Crippen molar-refractivity contribution in [2.24, 2.45) is 5.92 Å². The quantitative estimate of drug-likeness (QED) is 0.862. The highest BCUT2D eigenvalue weighted by Gasteiger charge is 2.24. The first-order valence-corrected chi connectivity index (χ1v) is 9.40. The van der Waals surface area contributed by atoms with Crippen LogP contribution in [0.1, 0.15) is 38.4 Å². The van der Waals surface area contributed by atoms with Gasteiger partial charge in [0.15, 0.2) is 0 Å². The molecular formula is C20H27ClN4O. The lowest BCUT2D eigenvalue weighted by molar-refractivity contribution is -0.120. The molecule has 140 valence electrons. The van der Waals surface area contributed by atoms with Gasteiger partial charge in [-0.1, -0.05) is 12.1 Å². The van der Waals surface area contributed by atoms with Crippen LogP contribution < -0.4 is 10.6 Å². The van der Waals surface area contributed by atoms with E-state index >= 15 is 0 Å². The molecule has 0 unspecified atom stereocenters. The Morgan fingerprint density at radius 1 is 1.27 bits per heavy atom. The smallest absolute Gasteiger partial charge is 0.227 e. The summed E-state index contributed by atoms with van der Waals surface area (Å²) >= 11 is 0. The number of rotatable bonds is 3. The van der Waals surface area contributed by atoms with E-state index in [0.29, 0.717) is 6.04 Å². The van der Waals surface area contributed by atoms with Crippen molar-refractivity contribution in [1.82, 2.24) is 14.9 Å². The molecule has 0 bridgehead atoms. The molecule has 0 spiro atoms. The Balaban J connectivity index is 0.00000196. The fourth-order valence-electron chi connectivity index (χ4n) is 3.89. The van der Waals surface area contributed by atoms with E-state index in [1.54, 1.807) is 0 Å². The van der Waals surface area contributed by atoms with Crippen LogP contribution in [0.15, 0.2) is 30.5 Å². The SMILES string of the molecule is C[C@H]1C[C@@H](C(=O)Nc2ccc(-c3cn4c(n3)CCCC4)cc2)CCN1.Cl. The van der Waals surface area contributed by atoms with Crippen LogP contribution in [-0.4, -0.2) is 28.0 Å². The normalized spacial score (nSPS) is 22.2. The van der Waals surface area contributed by atoms with E-state index in [0.717, 1.165) is 49.3 Å². The molecule has 6 heteroatoms. The molecule has 2 atom stereocenters. The van der Waals surface area contributed by atoms with E-state index in [1.165, 1.54) is 18.7 Å². The molecule has 2 aromatic rings. The number of benzene rings is 1. The van der Waals surface area contributed by atoms with Gasteiger partial charge >= 0.3 is 0 Å². The first-order valence-electron chi connectivity index (χ1n) is 9.40. The van der Waals surface area contributed by atoms with Gasteiger partial charge in [-0.2, -0.15) is 0 Å². The van der Waals surface area contributed by atoms with Gasteiger partial charge in [0, 0.05) is 42.4 Å². The topological polar surface area (TPSA) is 59.0 Å². The maximum absolute atomic E-state index is 12.4. The second-order valence-corrected chi connectivity index (χ2v) is 7.34. The predicted octanol–water partition coefficient (Wildman–Crippen LogP) is 3.63. The fraction of sp³-hybridized carbons (Fsp3) is 0.500. The van der Waals surface area contributed by atoms with E-state index in [2.05, 4.69) is 40.5 Å². The van der Waals surface area contributed by atoms with Gasteiger partial charge in [0.05, 0.1) is 5.69 Å². The van der Waals surface area contributed by atoms with Crippen molar-refractivity contribution in [3.05, 3.63) is 36.3 Å². The second-order valence-electron chi connectivity index (χ2n) is 7.34. The van der Waals surface area contributed by atoms with Gasteiger partial charge in [-0.15, -0.1) is 12.4 Å². The molecule has 3 heterocycles. The summed E-state index contributed by atoms with van der Waals surface area (Å²) in [7, 11) is 0. The number of nitrogens with zero attached hydrogens (tertiary/aromatic N) is 2. The molecule has 26 heavy (non-hydrogen) atoms. The zero-order chi connectivity index (χ0) is 17.2. The lowest BCUT2D eigenvalue weighted by atomic mass is 9.92. The summed E-state index contributed by atoms with van der Waals surface area (Å²) in [6.07, 6.45) is 7.51. The summed E-state index contributed by atoms with van der Waals surface area (Å²) in [5.74, 6) is 1.44. The summed E-state index contributed by atoms with van der Waals surface area (Å²) in [6, 6.07) is 8.48. The van der Waals surface area contributed by atoms with E-state index in [1.807, 2.05) is 12.1 Å². The van der Waals surface area contributed by atoms with Crippen molar-refractivity contribution >= 4 is 24.0 Å². The number of anilines is 1. The Morgan fingerprint density at radius 3 is 2.81 bits per heavy atom. The zero-order valence-corrected chi connectivity index (χ0v) is 16.0. The molecule has 1 saturated heterocycles. The molecular weight excluding hydrogens is 348 g/mol. The lowest BCUT2D eigenvalue weighted by Gasteiger charge is -2.27. The highest BCUT2D eigenvalue weighted by molar-refractivity contribution is 5.92. The Hall–Kier alpha value is -1.85. The van der Waals surface area contributed by atoms with Crippen molar-refractivity contribution in [3.63, 3.8) is 0 Å². The summed E-state index contributed by atoms with van der Waals surface area (Å²) in [6.45, 7) is 4.13. The minimum Gasteiger partial charge on any atom is -0.334 e. The molecule has 4 rings (SSSR count). The summed E-state index contributed by atoms with van der Waals surface area (Å²) in [5, 5.41) is 6.46. The fourth-order valence-corrected chi connectivity index (χ4v) is 3.89. The van der Waals surface area contributed by atoms with Gasteiger partial charge in [0.25, 0.3) is 0 Å². The first-order chi connectivity index (χ1) is 12.2. The lowest BCUT2D eigenvalue weighted by Crippen LogP contribution is -2.40. The van der Waals surface area contributed by atoms with E-state index in [-0.39, 0.29) is 24.2 Å². The average molecular weight is 375 g/mol. The van der Waals surface area contributed by atoms with Crippen LogP contribution in [0.5, 0.6) is 0 Å². The molecule has 2 aliphatic heterocycles. The Bertz CT molecular complexity index is 732. The number of amides is 1. The molecule has 0 saturated carbocycles.